The third-order valence-electron chi connectivity index (χ3n) is 5.24. The monoisotopic (exact) mass is 553 g/mol. The average Bonchev–Trinajstić information content (AvgIpc) is 2.72. The average molecular weight is 554 g/mol. The zero-order valence-electron chi connectivity index (χ0n) is 19.4. The van der Waals surface area contributed by atoms with Crippen molar-refractivity contribution in [1.29, 1.82) is 5.26 Å². The van der Waals surface area contributed by atoms with Crippen molar-refractivity contribution in [3.8, 4) is 6.07 Å². The normalized spacial score (nSPS) is 14.5. The van der Waals surface area contributed by atoms with Crippen molar-refractivity contribution in [3.05, 3.63) is 69.3 Å². The Morgan fingerprint density at radius 2 is 1.42 bits per heavy atom. The van der Waals surface area contributed by atoms with Gasteiger partial charge in [0, 0.05) is 16.8 Å². The first-order valence-corrected chi connectivity index (χ1v) is 12.1. The molecule has 0 aliphatic carbocycles. The van der Waals surface area contributed by atoms with Crippen LogP contribution >= 0.6 is 11.6 Å². The summed E-state index contributed by atoms with van der Waals surface area (Å²) < 4.78 is 106. The zero-order valence-corrected chi connectivity index (χ0v) is 21.0. The topological polar surface area (TPSA) is 82.0 Å². The van der Waals surface area contributed by atoms with E-state index < -0.39 is 61.2 Å². The Hall–Kier alpha value is -2.91. The van der Waals surface area contributed by atoms with Gasteiger partial charge < -0.3 is 10.6 Å². The third kappa shape index (κ3) is 7.07. The first kappa shape index (κ1) is 29.3. The molecule has 2 N–H and O–H groups in total. The number of nitrogens with zero attached hydrogens (tertiary/aromatic N) is 1. The fourth-order valence-corrected chi connectivity index (χ4v) is 4.10. The zero-order chi connectivity index (χ0) is 27.7. The molecule has 5 nitrogen and oxygen atoms in total. The standard InChI is InChI=1S/C23H22ClF6N3O2S/c1-13(21(2,3)4)32-20(19(12-31)36(34,35)18-7-5-16(24)6-8-18)33-17-10-14(22(25,26)27)9-15(11-17)23(28,29)30/h5-11,13,32-33H,1-4H3/b20-19+. The van der Waals surface area contributed by atoms with E-state index in [1.807, 2.05) is 0 Å². The highest BCUT2D eigenvalue weighted by Gasteiger charge is 2.37. The van der Waals surface area contributed by atoms with Gasteiger partial charge in [-0.25, -0.2) is 8.42 Å². The van der Waals surface area contributed by atoms with Crippen molar-refractivity contribution in [2.45, 2.75) is 51.0 Å². The maximum absolute atomic E-state index is 13.3. The van der Waals surface area contributed by atoms with Crippen LogP contribution in [0.1, 0.15) is 38.8 Å². The Labute approximate surface area is 209 Å². The molecule has 2 aromatic rings. The molecule has 2 rings (SSSR count). The Kier molecular flexibility index (Phi) is 8.32. The quantitative estimate of drug-likeness (QED) is 0.298. The highest BCUT2D eigenvalue weighted by atomic mass is 35.5. The summed E-state index contributed by atoms with van der Waals surface area (Å²) in [7, 11) is -4.56. The number of anilines is 1. The van der Waals surface area contributed by atoms with Gasteiger partial charge in [-0.2, -0.15) is 31.6 Å². The van der Waals surface area contributed by atoms with Gasteiger partial charge in [0.05, 0.1) is 16.0 Å². The molecule has 0 heterocycles. The summed E-state index contributed by atoms with van der Waals surface area (Å²) in [5.74, 6) is -0.581. The minimum absolute atomic E-state index is 0.0601. The highest BCUT2D eigenvalue weighted by molar-refractivity contribution is 7.95. The lowest BCUT2D eigenvalue weighted by atomic mass is 9.88. The van der Waals surface area contributed by atoms with Crippen molar-refractivity contribution in [1.82, 2.24) is 5.32 Å². The van der Waals surface area contributed by atoms with Gasteiger partial charge >= 0.3 is 12.4 Å². The molecule has 2 aromatic carbocycles. The predicted molar refractivity (Wildman–Crippen MR) is 123 cm³/mol. The number of alkyl halides is 6. The predicted octanol–water partition coefficient (Wildman–Crippen LogP) is 6.98. The molecule has 0 fully saturated rings. The van der Waals surface area contributed by atoms with E-state index in [2.05, 4.69) is 10.6 Å². The number of nitrogens with one attached hydrogen (secondary N) is 2. The van der Waals surface area contributed by atoms with Gasteiger partial charge in [-0.1, -0.05) is 32.4 Å². The van der Waals surface area contributed by atoms with Crippen LogP contribution in [-0.2, 0) is 22.2 Å². The van der Waals surface area contributed by atoms with Gasteiger partial charge in [0.2, 0.25) is 9.84 Å². The molecular weight excluding hydrogens is 532 g/mol. The van der Waals surface area contributed by atoms with Crippen molar-refractivity contribution >= 4 is 27.1 Å². The number of halogens is 7. The van der Waals surface area contributed by atoms with Crippen LogP contribution in [0.3, 0.4) is 0 Å². The number of hydrogen-bond donors (Lipinski definition) is 2. The molecule has 36 heavy (non-hydrogen) atoms. The minimum Gasteiger partial charge on any atom is -0.367 e. The number of rotatable bonds is 6. The van der Waals surface area contributed by atoms with E-state index in [4.69, 9.17) is 11.6 Å². The molecule has 0 aliphatic heterocycles. The first-order chi connectivity index (χ1) is 16.3. The lowest BCUT2D eigenvalue weighted by molar-refractivity contribution is -0.143. The molecule has 1 unspecified atom stereocenters. The molecule has 1 atom stereocenters. The lowest BCUT2D eigenvalue weighted by Crippen LogP contribution is -2.40. The SMILES string of the molecule is CC(N/C(Nc1cc(C(F)(F)F)cc(C(F)(F)F)c1)=C(/C#N)S(=O)(=O)c1ccc(Cl)cc1)C(C)(C)C. The number of sulfone groups is 1. The molecule has 0 radical (unpaired) electrons. The van der Waals surface area contributed by atoms with E-state index in [-0.39, 0.29) is 16.0 Å². The van der Waals surface area contributed by atoms with Crippen molar-refractivity contribution in [2.75, 3.05) is 5.32 Å². The minimum atomic E-state index is -5.12. The first-order valence-electron chi connectivity index (χ1n) is 10.2. The van der Waals surface area contributed by atoms with E-state index >= 15 is 0 Å². The van der Waals surface area contributed by atoms with Crippen molar-refractivity contribution in [3.63, 3.8) is 0 Å². The Balaban J connectivity index is 2.78. The van der Waals surface area contributed by atoms with E-state index in [0.29, 0.717) is 12.1 Å². The second kappa shape index (κ2) is 10.2. The van der Waals surface area contributed by atoms with Gasteiger partial charge in [-0.05, 0) is 54.8 Å². The van der Waals surface area contributed by atoms with E-state index in [1.54, 1.807) is 27.7 Å². The molecule has 0 spiro atoms. The molecule has 0 aliphatic rings. The number of allylic oxidation sites excluding steroid dienone is 1. The van der Waals surface area contributed by atoms with E-state index in [1.165, 1.54) is 18.2 Å². The van der Waals surface area contributed by atoms with Crippen LogP contribution in [0, 0.1) is 16.7 Å². The number of nitriles is 1. The Bertz CT molecular complexity index is 1260. The molecule has 0 bridgehead atoms. The van der Waals surface area contributed by atoms with Crippen LogP contribution in [0.15, 0.2) is 58.1 Å². The molecule has 0 amide bonds. The lowest BCUT2D eigenvalue weighted by Gasteiger charge is -2.31. The molecule has 0 saturated heterocycles. The maximum Gasteiger partial charge on any atom is 0.416 e. The largest absolute Gasteiger partial charge is 0.416 e. The van der Waals surface area contributed by atoms with Crippen LogP contribution in [0.5, 0.6) is 0 Å². The van der Waals surface area contributed by atoms with Crippen molar-refractivity contribution < 1.29 is 34.8 Å². The van der Waals surface area contributed by atoms with Gasteiger partial charge in [0.25, 0.3) is 0 Å². The summed E-state index contributed by atoms with van der Waals surface area (Å²) in [4.78, 5) is -1.29. The number of hydrogen-bond acceptors (Lipinski definition) is 5. The van der Waals surface area contributed by atoms with Crippen LogP contribution in [0.2, 0.25) is 5.02 Å². The Morgan fingerprint density at radius 3 is 1.81 bits per heavy atom. The van der Waals surface area contributed by atoms with Gasteiger partial charge in [-0.3, -0.25) is 0 Å². The maximum atomic E-state index is 13.3. The second-order valence-corrected chi connectivity index (χ2v) is 11.2. The second-order valence-electron chi connectivity index (χ2n) is 8.92. The molecule has 13 heteroatoms. The molecule has 0 saturated carbocycles. The fourth-order valence-electron chi connectivity index (χ4n) is 2.74. The summed E-state index contributed by atoms with van der Waals surface area (Å²) in [6.45, 7) is 6.88. The van der Waals surface area contributed by atoms with Gasteiger partial charge in [0.15, 0.2) is 4.91 Å². The summed E-state index contributed by atoms with van der Waals surface area (Å²) in [6, 6.07) is 6.39. The molecule has 0 aromatic heterocycles. The Morgan fingerprint density at radius 1 is 0.944 bits per heavy atom. The van der Waals surface area contributed by atoms with Crippen LogP contribution in [0.4, 0.5) is 32.0 Å². The van der Waals surface area contributed by atoms with Gasteiger partial charge in [0.1, 0.15) is 11.9 Å². The summed E-state index contributed by atoms with van der Waals surface area (Å²) in [6.07, 6.45) is -10.2. The van der Waals surface area contributed by atoms with Crippen LogP contribution < -0.4 is 10.6 Å². The molecule has 196 valence electrons. The van der Waals surface area contributed by atoms with Crippen molar-refractivity contribution in [2.24, 2.45) is 5.41 Å². The number of benzene rings is 2. The fraction of sp³-hybridized carbons (Fsp3) is 0.348. The smallest absolute Gasteiger partial charge is 0.367 e. The summed E-state index contributed by atoms with van der Waals surface area (Å²) >= 11 is 5.79. The summed E-state index contributed by atoms with van der Waals surface area (Å²) in [5, 5.41) is 15.0. The van der Waals surface area contributed by atoms with E-state index in [0.717, 1.165) is 12.1 Å². The molecular formula is C23H22ClF6N3O2S. The highest BCUT2D eigenvalue weighted by Crippen LogP contribution is 2.38. The third-order valence-corrected chi connectivity index (χ3v) is 7.22. The van der Waals surface area contributed by atoms with Gasteiger partial charge in [-0.15, -0.1) is 0 Å². The van der Waals surface area contributed by atoms with Crippen LogP contribution in [0.25, 0.3) is 0 Å². The van der Waals surface area contributed by atoms with E-state index in [9.17, 15) is 40.0 Å². The summed E-state index contributed by atoms with van der Waals surface area (Å²) in [5.41, 5.74) is -4.49. The van der Waals surface area contributed by atoms with Crippen LogP contribution in [-0.4, -0.2) is 14.5 Å².